The average Bonchev–Trinajstić information content (AvgIpc) is 2.37. The average molecular weight is 153 g/mol. The van der Waals surface area contributed by atoms with Crippen LogP contribution < -0.4 is 29.6 Å². The third-order valence-electron chi connectivity index (χ3n) is 1.39. The second kappa shape index (κ2) is 4.76. The number of hydrogen-bond acceptors (Lipinski definition) is 3. The standard InChI is InChI=1S/C4H9N3O2.Na/c8-5-7(9)6-3-1-2-4-6;/h8H,1-4H2;/q;+1/p-1. The molecular formula is C4H8N3NaO2. The minimum Gasteiger partial charge on any atom is -0.737 e. The van der Waals surface area contributed by atoms with E-state index in [0.717, 1.165) is 12.8 Å². The normalized spacial score (nSPS) is 18.8. The molecule has 1 saturated heterocycles. The maximum atomic E-state index is 10.4. The van der Waals surface area contributed by atoms with Crippen LogP contribution in [0.4, 0.5) is 0 Å². The van der Waals surface area contributed by atoms with Crippen molar-refractivity contribution < 1.29 is 34.5 Å². The first-order valence-corrected chi connectivity index (χ1v) is 2.90. The van der Waals surface area contributed by atoms with E-state index in [1.807, 2.05) is 0 Å². The fourth-order valence-electron chi connectivity index (χ4n) is 0.923. The summed E-state index contributed by atoms with van der Waals surface area (Å²) in [6, 6.07) is 0. The number of hydrogen-bond donors (Lipinski definition) is 0. The molecule has 0 unspecified atom stereocenters. The van der Waals surface area contributed by atoms with Gasteiger partial charge in [-0.1, -0.05) is 0 Å². The minimum atomic E-state index is 0. The quantitative estimate of drug-likeness (QED) is 0.180. The zero-order valence-electron chi connectivity index (χ0n) is 5.99. The van der Waals surface area contributed by atoms with Crippen LogP contribution in [0.25, 0.3) is 0 Å². The van der Waals surface area contributed by atoms with Crippen molar-refractivity contribution in [2.45, 2.75) is 12.8 Å². The van der Waals surface area contributed by atoms with Gasteiger partial charge in [0.15, 0.2) is 0 Å². The van der Waals surface area contributed by atoms with E-state index in [1.165, 1.54) is 5.01 Å². The van der Waals surface area contributed by atoms with Crippen molar-refractivity contribution in [2.75, 3.05) is 13.1 Å². The summed E-state index contributed by atoms with van der Waals surface area (Å²) in [5.74, 6) is 0. The summed E-state index contributed by atoms with van der Waals surface area (Å²) in [7, 11) is 0. The van der Waals surface area contributed by atoms with Gasteiger partial charge in [0.1, 0.15) is 0 Å². The van der Waals surface area contributed by atoms with Crippen molar-refractivity contribution in [3.8, 4) is 0 Å². The topological polar surface area (TPSA) is 64.7 Å². The number of nitrogens with zero attached hydrogens (tertiary/aromatic N) is 3. The van der Waals surface area contributed by atoms with Crippen molar-refractivity contribution in [1.29, 1.82) is 0 Å². The van der Waals surface area contributed by atoms with Gasteiger partial charge >= 0.3 is 29.6 Å². The predicted octanol–water partition coefficient (Wildman–Crippen LogP) is -2.54. The van der Waals surface area contributed by atoms with Crippen LogP contribution in [0.3, 0.4) is 0 Å². The number of rotatable bonds is 1. The van der Waals surface area contributed by atoms with E-state index in [4.69, 9.17) is 0 Å². The molecule has 1 rings (SSSR count). The van der Waals surface area contributed by atoms with Gasteiger partial charge in [0.05, 0.1) is 13.1 Å². The van der Waals surface area contributed by atoms with Crippen LogP contribution in [-0.4, -0.2) is 23.1 Å². The van der Waals surface area contributed by atoms with Crippen LogP contribution in [0.2, 0.25) is 0 Å². The van der Waals surface area contributed by atoms with Crippen LogP contribution in [0.1, 0.15) is 12.8 Å². The Bertz CT molecular complexity index is 124. The summed E-state index contributed by atoms with van der Waals surface area (Å²) in [6.45, 7) is 1.32. The first-order chi connectivity index (χ1) is 4.34. The molecule has 0 aromatic rings. The van der Waals surface area contributed by atoms with Crippen LogP contribution in [0.5, 0.6) is 0 Å². The van der Waals surface area contributed by atoms with Crippen LogP contribution >= 0.6 is 0 Å². The molecule has 0 atom stereocenters. The Hall–Kier alpha value is 0.0000000000000000555. The molecule has 0 aromatic heterocycles. The fraction of sp³-hybridized carbons (Fsp3) is 1.00. The molecule has 1 fully saturated rings. The van der Waals surface area contributed by atoms with E-state index in [0.29, 0.717) is 13.1 Å². The Kier molecular flexibility index (Phi) is 4.76. The summed E-state index contributed by atoms with van der Waals surface area (Å²) in [6.07, 6.45) is 1.96. The largest absolute Gasteiger partial charge is 1.00 e. The van der Waals surface area contributed by atoms with Crippen molar-refractivity contribution in [3.63, 3.8) is 0 Å². The van der Waals surface area contributed by atoms with Gasteiger partial charge in [0.2, 0.25) is 0 Å². The molecule has 1 aliphatic heterocycles. The molecule has 0 amide bonds. The van der Waals surface area contributed by atoms with E-state index >= 15 is 0 Å². The Labute approximate surface area is 81.1 Å². The molecule has 10 heavy (non-hydrogen) atoms. The molecule has 0 aromatic carbocycles. The van der Waals surface area contributed by atoms with Gasteiger partial charge in [-0.15, -0.1) is 5.01 Å². The molecule has 0 radical (unpaired) electrons. The van der Waals surface area contributed by atoms with Crippen molar-refractivity contribution in [2.24, 2.45) is 5.28 Å². The SMILES string of the molecule is [Na+].[O-]N=[N+]([O-])N1CCCC1. The molecule has 6 heteroatoms. The second-order valence-corrected chi connectivity index (χ2v) is 2.00. The maximum Gasteiger partial charge on any atom is 1.00 e. The van der Waals surface area contributed by atoms with E-state index in [9.17, 15) is 10.4 Å². The second-order valence-electron chi connectivity index (χ2n) is 2.00. The van der Waals surface area contributed by atoms with Gasteiger partial charge in [-0.25, -0.2) is 0 Å². The summed E-state index contributed by atoms with van der Waals surface area (Å²) >= 11 is 0. The molecular weight excluding hydrogens is 145 g/mol. The Morgan fingerprint density at radius 3 is 2.20 bits per heavy atom. The van der Waals surface area contributed by atoms with Gasteiger partial charge in [-0.2, -0.15) is 0 Å². The van der Waals surface area contributed by atoms with Crippen molar-refractivity contribution in [1.82, 2.24) is 5.01 Å². The first kappa shape index (κ1) is 10.0. The smallest absolute Gasteiger partial charge is 0.737 e. The summed E-state index contributed by atoms with van der Waals surface area (Å²) in [4.78, 5) is 0.118. The molecule has 0 saturated carbocycles. The minimum absolute atomic E-state index is 0. The van der Waals surface area contributed by atoms with Crippen LogP contribution in [0.15, 0.2) is 5.28 Å². The molecule has 0 N–H and O–H groups in total. The van der Waals surface area contributed by atoms with E-state index in [-0.39, 0.29) is 34.5 Å². The molecule has 0 bridgehead atoms. The Morgan fingerprint density at radius 2 is 1.80 bits per heavy atom. The summed E-state index contributed by atoms with van der Waals surface area (Å²) < 4.78 is 0. The van der Waals surface area contributed by atoms with Crippen LogP contribution in [-0.2, 0) is 0 Å². The third-order valence-corrected chi connectivity index (χ3v) is 1.39. The molecule has 52 valence electrons. The van der Waals surface area contributed by atoms with Gasteiger partial charge in [-0.3, -0.25) is 0 Å². The third kappa shape index (κ3) is 2.32. The number of hydrazine groups is 1. The molecule has 5 nitrogen and oxygen atoms in total. The van der Waals surface area contributed by atoms with Crippen molar-refractivity contribution in [3.05, 3.63) is 10.4 Å². The zero-order chi connectivity index (χ0) is 6.69. The zero-order valence-corrected chi connectivity index (χ0v) is 7.99. The summed E-state index contributed by atoms with van der Waals surface area (Å²) in [5.41, 5.74) is 0. The predicted molar refractivity (Wildman–Crippen MR) is 30.2 cm³/mol. The van der Waals surface area contributed by atoms with E-state index < -0.39 is 0 Å². The molecule has 1 heterocycles. The van der Waals surface area contributed by atoms with Crippen molar-refractivity contribution >= 4 is 0 Å². The van der Waals surface area contributed by atoms with Gasteiger partial charge in [0, 0.05) is 4.97 Å². The summed E-state index contributed by atoms with van der Waals surface area (Å²) in [5, 5.41) is 23.6. The first-order valence-electron chi connectivity index (χ1n) is 2.90. The Morgan fingerprint density at radius 1 is 1.30 bits per heavy atom. The molecule has 0 spiro atoms. The Balaban J connectivity index is 0.000000810. The van der Waals surface area contributed by atoms with E-state index in [1.54, 1.807) is 0 Å². The van der Waals surface area contributed by atoms with Gasteiger partial charge in [0.25, 0.3) is 0 Å². The van der Waals surface area contributed by atoms with E-state index in [2.05, 4.69) is 5.28 Å². The maximum absolute atomic E-state index is 10.4. The van der Waals surface area contributed by atoms with Crippen LogP contribution in [0, 0.1) is 10.4 Å². The monoisotopic (exact) mass is 153 g/mol. The van der Waals surface area contributed by atoms with Gasteiger partial charge in [-0.05, 0) is 18.1 Å². The fourth-order valence-corrected chi connectivity index (χ4v) is 0.923. The molecule has 0 aliphatic carbocycles. The molecule has 1 aliphatic rings. The van der Waals surface area contributed by atoms with Gasteiger partial charge < -0.3 is 10.4 Å².